The van der Waals surface area contributed by atoms with Crippen LogP contribution in [-0.2, 0) is 4.79 Å². The Kier molecular flexibility index (Phi) is 8.04. The maximum atomic E-state index is 12.3. The minimum Gasteiger partial charge on any atom is -0.394 e. The van der Waals surface area contributed by atoms with Gasteiger partial charge >= 0.3 is 0 Å². The Balaban J connectivity index is 2.81. The van der Waals surface area contributed by atoms with E-state index in [0.29, 0.717) is 11.3 Å². The lowest BCUT2D eigenvalue weighted by Crippen LogP contribution is -2.61. The predicted octanol–water partition coefficient (Wildman–Crippen LogP) is -1.06. The van der Waals surface area contributed by atoms with Gasteiger partial charge in [-0.1, -0.05) is 18.2 Å². The first-order valence-electron chi connectivity index (χ1n) is 7.13. The van der Waals surface area contributed by atoms with Crippen LogP contribution in [-0.4, -0.2) is 64.3 Å². The van der Waals surface area contributed by atoms with Gasteiger partial charge in [0, 0.05) is 5.56 Å². The van der Waals surface area contributed by atoms with Gasteiger partial charge in [-0.05, 0) is 24.3 Å². The third-order valence-electron chi connectivity index (χ3n) is 3.37. The number of nitrogens with one attached hydrogen (secondary N) is 2. The number of carbonyl (C=O) groups is 2. The van der Waals surface area contributed by atoms with Crippen molar-refractivity contribution in [2.45, 2.75) is 18.0 Å². The minimum absolute atomic E-state index is 0.256. The van der Waals surface area contributed by atoms with Crippen LogP contribution in [0.4, 0.5) is 0 Å². The van der Waals surface area contributed by atoms with E-state index in [1.165, 1.54) is 0 Å². The Morgan fingerprint density at radius 3 is 2.13 bits per heavy atom. The third-order valence-corrected chi connectivity index (χ3v) is 3.63. The molecule has 23 heavy (non-hydrogen) atoms. The molecule has 1 aromatic carbocycles. The first-order valence-corrected chi connectivity index (χ1v) is 7.76. The van der Waals surface area contributed by atoms with Crippen LogP contribution >= 0.6 is 12.6 Å². The average molecular weight is 342 g/mol. The zero-order valence-electron chi connectivity index (χ0n) is 12.6. The molecule has 0 bridgehead atoms. The second-order valence-electron chi connectivity index (χ2n) is 5.15. The molecule has 0 aliphatic carbocycles. The van der Waals surface area contributed by atoms with Crippen LogP contribution in [0.2, 0.25) is 0 Å². The Morgan fingerprint density at radius 1 is 1.09 bits per heavy atom. The first kappa shape index (κ1) is 19.4. The summed E-state index contributed by atoms with van der Waals surface area (Å²) in [6.45, 7) is -1.90. The van der Waals surface area contributed by atoms with Crippen LogP contribution in [0.25, 0.3) is 0 Å². The number of rotatable bonds is 9. The fourth-order valence-corrected chi connectivity index (χ4v) is 2.10. The summed E-state index contributed by atoms with van der Waals surface area (Å²) < 4.78 is 0. The van der Waals surface area contributed by atoms with E-state index in [-0.39, 0.29) is 6.42 Å². The zero-order chi connectivity index (χ0) is 17.3. The smallest absolute Gasteiger partial charge is 0.251 e. The van der Waals surface area contributed by atoms with Crippen molar-refractivity contribution in [3.8, 4) is 0 Å². The van der Waals surface area contributed by atoms with Crippen LogP contribution in [0.3, 0.4) is 0 Å². The Morgan fingerprint density at radius 2 is 1.65 bits per heavy atom. The molecular formula is C15H22N2O5S. The molecule has 1 aromatic rings. The number of benzene rings is 1. The molecule has 8 heteroatoms. The molecule has 0 saturated heterocycles. The summed E-state index contributed by atoms with van der Waals surface area (Å²) in [6, 6.07) is 7.51. The Bertz CT molecular complexity index is 500. The van der Waals surface area contributed by atoms with E-state index in [1.807, 2.05) is 0 Å². The molecule has 5 N–H and O–H groups in total. The van der Waals surface area contributed by atoms with Crippen LogP contribution < -0.4 is 10.6 Å². The van der Waals surface area contributed by atoms with E-state index in [2.05, 4.69) is 23.3 Å². The lowest BCUT2D eigenvalue weighted by atomic mass is 10.0. The molecule has 0 radical (unpaired) electrons. The van der Waals surface area contributed by atoms with Gasteiger partial charge in [-0.25, -0.2) is 0 Å². The molecule has 0 aromatic heterocycles. The third kappa shape index (κ3) is 5.51. The molecule has 1 atom stereocenters. The second-order valence-corrected chi connectivity index (χ2v) is 5.60. The molecule has 1 unspecified atom stereocenters. The van der Waals surface area contributed by atoms with Gasteiger partial charge in [-0.15, -0.1) is 0 Å². The Labute approximate surface area is 140 Å². The maximum Gasteiger partial charge on any atom is 0.251 e. The van der Waals surface area contributed by atoms with E-state index in [4.69, 9.17) is 0 Å². The highest BCUT2D eigenvalue weighted by Gasteiger charge is 2.33. The lowest BCUT2D eigenvalue weighted by molar-refractivity contribution is -0.127. The van der Waals surface area contributed by atoms with Crippen molar-refractivity contribution < 1.29 is 24.9 Å². The maximum absolute atomic E-state index is 12.3. The number of amides is 2. The number of aliphatic hydroxyl groups excluding tert-OH is 3. The highest BCUT2D eigenvalue weighted by atomic mass is 32.1. The number of hydrogen-bond acceptors (Lipinski definition) is 6. The number of aliphatic hydroxyl groups is 3. The van der Waals surface area contributed by atoms with Crippen molar-refractivity contribution in [3.05, 3.63) is 35.9 Å². The molecule has 0 spiro atoms. The topological polar surface area (TPSA) is 119 Å². The van der Waals surface area contributed by atoms with Gasteiger partial charge in [0.2, 0.25) is 5.91 Å². The highest BCUT2D eigenvalue weighted by Crippen LogP contribution is 2.06. The van der Waals surface area contributed by atoms with E-state index in [1.54, 1.807) is 30.3 Å². The van der Waals surface area contributed by atoms with Crippen LogP contribution in [0.5, 0.6) is 0 Å². The van der Waals surface area contributed by atoms with Gasteiger partial charge in [-0.3, -0.25) is 9.59 Å². The summed E-state index contributed by atoms with van der Waals surface area (Å²) in [5.74, 6) is -0.687. The molecule has 0 fully saturated rings. The summed E-state index contributed by atoms with van der Waals surface area (Å²) in [4.78, 5) is 24.4. The largest absolute Gasteiger partial charge is 0.394 e. The quantitative estimate of drug-likeness (QED) is 0.320. The fourth-order valence-electron chi connectivity index (χ4n) is 1.85. The molecule has 0 aliphatic heterocycles. The van der Waals surface area contributed by atoms with Crippen molar-refractivity contribution in [2.75, 3.05) is 25.6 Å². The van der Waals surface area contributed by atoms with E-state index < -0.39 is 43.2 Å². The van der Waals surface area contributed by atoms with Gasteiger partial charge in [0.25, 0.3) is 5.91 Å². The molecule has 128 valence electrons. The number of hydrogen-bond donors (Lipinski definition) is 6. The normalized spacial score (nSPS) is 12.5. The summed E-state index contributed by atoms with van der Waals surface area (Å²) in [7, 11) is 0. The second kappa shape index (κ2) is 9.51. The molecular weight excluding hydrogens is 320 g/mol. The van der Waals surface area contributed by atoms with Crippen LogP contribution in [0, 0.1) is 0 Å². The lowest BCUT2D eigenvalue weighted by Gasteiger charge is -2.31. The van der Waals surface area contributed by atoms with Crippen molar-refractivity contribution in [1.29, 1.82) is 0 Å². The van der Waals surface area contributed by atoms with Gasteiger partial charge < -0.3 is 26.0 Å². The predicted molar refractivity (Wildman–Crippen MR) is 88.3 cm³/mol. The highest BCUT2D eigenvalue weighted by molar-refractivity contribution is 7.80. The molecule has 2 amide bonds. The first-order chi connectivity index (χ1) is 11.0. The summed E-state index contributed by atoms with van der Waals surface area (Å²) >= 11 is 4.06. The Hall–Kier alpha value is -1.61. The SMILES string of the molecule is O=C(NC(CCS)C(=O)NC(CO)(CO)CO)c1ccccc1. The van der Waals surface area contributed by atoms with Gasteiger partial charge in [0.15, 0.2) is 0 Å². The molecule has 0 saturated carbocycles. The molecule has 1 rings (SSSR count). The standard InChI is InChI=1S/C15H22N2O5S/c18-8-15(9-19,10-20)17-14(22)12(6-7-23)16-13(21)11-4-2-1-3-5-11/h1-5,12,18-20,23H,6-10H2,(H,16,21)(H,17,22). The monoisotopic (exact) mass is 342 g/mol. The van der Waals surface area contributed by atoms with Crippen molar-refractivity contribution in [2.24, 2.45) is 0 Å². The number of thiol groups is 1. The fraction of sp³-hybridized carbons (Fsp3) is 0.467. The van der Waals surface area contributed by atoms with Crippen molar-refractivity contribution >= 4 is 24.4 Å². The summed E-state index contributed by atoms with van der Waals surface area (Å²) in [6.07, 6.45) is 0.256. The molecule has 0 aliphatic rings. The van der Waals surface area contributed by atoms with E-state index in [9.17, 15) is 24.9 Å². The van der Waals surface area contributed by atoms with E-state index in [0.717, 1.165) is 0 Å². The van der Waals surface area contributed by atoms with Crippen LogP contribution in [0.1, 0.15) is 16.8 Å². The number of carbonyl (C=O) groups excluding carboxylic acids is 2. The van der Waals surface area contributed by atoms with Crippen LogP contribution in [0.15, 0.2) is 30.3 Å². The van der Waals surface area contributed by atoms with Crippen molar-refractivity contribution in [1.82, 2.24) is 10.6 Å². The summed E-state index contributed by atoms with van der Waals surface area (Å²) in [5.41, 5.74) is -1.13. The molecule has 7 nitrogen and oxygen atoms in total. The molecule has 0 heterocycles. The minimum atomic E-state index is -1.54. The van der Waals surface area contributed by atoms with E-state index >= 15 is 0 Å². The van der Waals surface area contributed by atoms with Gasteiger partial charge in [0.1, 0.15) is 11.6 Å². The zero-order valence-corrected chi connectivity index (χ0v) is 13.5. The van der Waals surface area contributed by atoms with Gasteiger partial charge in [0.05, 0.1) is 19.8 Å². The average Bonchev–Trinajstić information content (AvgIpc) is 2.60. The van der Waals surface area contributed by atoms with Crippen molar-refractivity contribution in [3.63, 3.8) is 0 Å². The summed E-state index contributed by atoms with van der Waals surface area (Å²) in [5, 5.41) is 32.7. The van der Waals surface area contributed by atoms with Gasteiger partial charge in [-0.2, -0.15) is 12.6 Å².